The Morgan fingerprint density at radius 2 is 2.22 bits per heavy atom. The van der Waals surface area contributed by atoms with Crippen molar-refractivity contribution < 1.29 is 9.53 Å². The lowest BCUT2D eigenvalue weighted by atomic mass is 10.2. The minimum Gasteiger partial charge on any atom is -0.481 e. The fourth-order valence-electron chi connectivity index (χ4n) is 4.10. The number of carbonyl (C=O) groups excluding carboxylic acids is 1. The molecule has 0 bridgehead atoms. The third-order valence-electron chi connectivity index (χ3n) is 5.68. The van der Waals surface area contributed by atoms with E-state index in [0.717, 1.165) is 46.6 Å². The molecule has 32 heavy (non-hydrogen) atoms. The number of nitrogens with one attached hydrogen (secondary N) is 1. The third kappa shape index (κ3) is 4.21. The van der Waals surface area contributed by atoms with Crippen LogP contribution in [-0.2, 0) is 17.6 Å². The first kappa shape index (κ1) is 20.6. The predicted octanol–water partition coefficient (Wildman–Crippen LogP) is 2.52. The van der Waals surface area contributed by atoms with Crippen LogP contribution in [0, 0.1) is 11.8 Å². The fraction of sp³-hybridized carbons (Fsp3) is 0.333. The van der Waals surface area contributed by atoms with Crippen molar-refractivity contribution in [2.45, 2.75) is 36.9 Å². The number of hydrogen-bond acceptors (Lipinski definition) is 6. The number of benzene rings is 1. The van der Waals surface area contributed by atoms with Gasteiger partial charge in [-0.15, -0.1) is 0 Å². The number of ether oxygens (including phenoxy) is 1. The van der Waals surface area contributed by atoms with Gasteiger partial charge in [0.05, 0.1) is 23.8 Å². The normalized spacial score (nSPS) is 16.2. The fourth-order valence-corrected chi connectivity index (χ4v) is 5.25. The summed E-state index contributed by atoms with van der Waals surface area (Å²) in [4.78, 5) is 34.1. The van der Waals surface area contributed by atoms with E-state index in [0.29, 0.717) is 11.5 Å². The number of thioether (sulfide) groups is 1. The summed E-state index contributed by atoms with van der Waals surface area (Å²) in [5.41, 5.74) is 2.67. The number of nitrogens with zero attached hydrogens (tertiary/aromatic N) is 3. The highest BCUT2D eigenvalue weighted by atomic mass is 32.2. The van der Waals surface area contributed by atoms with E-state index in [9.17, 15) is 9.59 Å². The summed E-state index contributed by atoms with van der Waals surface area (Å²) in [6.07, 6.45) is 4.65. The van der Waals surface area contributed by atoms with Gasteiger partial charge in [-0.2, -0.15) is 0 Å². The molecule has 0 fully saturated rings. The van der Waals surface area contributed by atoms with Crippen molar-refractivity contribution in [2.75, 3.05) is 18.9 Å². The molecule has 1 aliphatic heterocycles. The Bertz CT molecular complexity index is 1310. The largest absolute Gasteiger partial charge is 0.481 e. The molecule has 0 radical (unpaired) electrons. The van der Waals surface area contributed by atoms with Crippen LogP contribution >= 0.6 is 11.8 Å². The van der Waals surface area contributed by atoms with E-state index in [1.165, 1.54) is 0 Å². The standard InChI is InChI=1S/C24H22N4O3S/c29-22(13-17-15-32-24-27-20-7-3-6-19(20)23(30)28(17)24)26-10-1-2-12-31-18-9-8-16-5-4-11-25-21(16)14-18/h4-5,8-9,11,14,17H,3,6-7,10,12-13,15H2,(H,26,29). The minimum absolute atomic E-state index is 0.0335. The van der Waals surface area contributed by atoms with E-state index < -0.39 is 0 Å². The van der Waals surface area contributed by atoms with Crippen molar-refractivity contribution in [1.82, 2.24) is 19.9 Å². The molecule has 1 aromatic carbocycles. The van der Waals surface area contributed by atoms with Crippen LogP contribution in [0.25, 0.3) is 10.9 Å². The zero-order valence-corrected chi connectivity index (χ0v) is 18.3. The van der Waals surface area contributed by atoms with Crippen LogP contribution < -0.4 is 15.6 Å². The van der Waals surface area contributed by atoms with Gasteiger partial charge in [-0.25, -0.2) is 4.98 Å². The van der Waals surface area contributed by atoms with E-state index in [-0.39, 0.29) is 37.1 Å². The Labute approximate surface area is 189 Å². The van der Waals surface area contributed by atoms with Crippen molar-refractivity contribution in [1.29, 1.82) is 0 Å². The van der Waals surface area contributed by atoms with E-state index in [4.69, 9.17) is 4.74 Å². The summed E-state index contributed by atoms with van der Waals surface area (Å²) in [6, 6.07) is 9.46. The van der Waals surface area contributed by atoms with Gasteiger partial charge in [0.1, 0.15) is 12.4 Å². The van der Waals surface area contributed by atoms with Gasteiger partial charge in [0.15, 0.2) is 5.16 Å². The highest BCUT2D eigenvalue weighted by molar-refractivity contribution is 7.99. The molecule has 3 aromatic rings. The SMILES string of the molecule is O=C(CC1CSc2nc3c(c(=O)n21)CCC3)NCC#CCOc1ccc2cccnc2c1. The molecule has 162 valence electrons. The van der Waals surface area contributed by atoms with Crippen LogP contribution in [-0.4, -0.2) is 39.3 Å². The van der Waals surface area contributed by atoms with Gasteiger partial charge in [0.25, 0.3) is 5.56 Å². The first-order valence-electron chi connectivity index (χ1n) is 10.7. The van der Waals surface area contributed by atoms with Crippen LogP contribution in [0.5, 0.6) is 5.75 Å². The molecule has 1 N–H and O–H groups in total. The van der Waals surface area contributed by atoms with Crippen molar-refractivity contribution in [3.63, 3.8) is 0 Å². The van der Waals surface area contributed by atoms with Gasteiger partial charge in [-0.3, -0.25) is 19.1 Å². The van der Waals surface area contributed by atoms with Gasteiger partial charge in [0.2, 0.25) is 5.91 Å². The van der Waals surface area contributed by atoms with Gasteiger partial charge in [-0.1, -0.05) is 29.7 Å². The first-order valence-corrected chi connectivity index (χ1v) is 11.6. The molecular formula is C24H22N4O3S. The number of amides is 1. The second-order valence-corrected chi connectivity index (χ2v) is 8.78. The highest BCUT2D eigenvalue weighted by Gasteiger charge is 2.30. The molecule has 0 spiro atoms. The molecule has 1 unspecified atom stereocenters. The Hall–Kier alpha value is -3.31. The molecule has 1 amide bonds. The van der Waals surface area contributed by atoms with Crippen molar-refractivity contribution in [3.8, 4) is 17.6 Å². The second kappa shape index (κ2) is 9.05. The molecule has 1 atom stereocenters. The Morgan fingerprint density at radius 3 is 3.16 bits per heavy atom. The van der Waals surface area contributed by atoms with Gasteiger partial charge >= 0.3 is 0 Å². The van der Waals surface area contributed by atoms with Crippen LogP contribution in [0.3, 0.4) is 0 Å². The molecule has 0 saturated carbocycles. The molecule has 0 saturated heterocycles. The number of rotatable bonds is 5. The molecule has 5 rings (SSSR count). The zero-order chi connectivity index (χ0) is 21.9. The van der Waals surface area contributed by atoms with Crippen LogP contribution in [0.1, 0.15) is 30.1 Å². The lowest BCUT2D eigenvalue weighted by Crippen LogP contribution is -2.32. The predicted molar refractivity (Wildman–Crippen MR) is 123 cm³/mol. The molecule has 2 aromatic heterocycles. The Morgan fingerprint density at radius 1 is 1.28 bits per heavy atom. The Kier molecular flexibility index (Phi) is 5.82. The molecule has 8 heteroatoms. The summed E-state index contributed by atoms with van der Waals surface area (Å²) in [5, 5.41) is 4.61. The number of pyridine rings is 1. The maximum absolute atomic E-state index is 12.8. The Balaban J connectivity index is 1.11. The topological polar surface area (TPSA) is 86.1 Å². The van der Waals surface area contributed by atoms with E-state index in [1.807, 2.05) is 30.3 Å². The number of hydrogen-bond donors (Lipinski definition) is 1. The van der Waals surface area contributed by atoms with E-state index in [1.54, 1.807) is 22.5 Å². The summed E-state index contributed by atoms with van der Waals surface area (Å²) in [7, 11) is 0. The molecule has 3 heterocycles. The van der Waals surface area contributed by atoms with Gasteiger partial charge < -0.3 is 10.1 Å². The smallest absolute Gasteiger partial charge is 0.257 e. The summed E-state index contributed by atoms with van der Waals surface area (Å²) < 4.78 is 7.36. The molecule has 2 aliphatic rings. The quantitative estimate of drug-likeness (QED) is 0.479. The van der Waals surface area contributed by atoms with Crippen LogP contribution in [0.4, 0.5) is 0 Å². The molecule has 1 aliphatic carbocycles. The number of fused-ring (bicyclic) bond motifs is 3. The molecular weight excluding hydrogens is 424 g/mol. The molecule has 7 nitrogen and oxygen atoms in total. The monoisotopic (exact) mass is 446 g/mol. The summed E-state index contributed by atoms with van der Waals surface area (Å²) in [6.45, 7) is 0.471. The first-order chi connectivity index (χ1) is 15.7. The van der Waals surface area contributed by atoms with Crippen LogP contribution in [0.2, 0.25) is 0 Å². The van der Waals surface area contributed by atoms with Crippen molar-refractivity contribution >= 4 is 28.6 Å². The van der Waals surface area contributed by atoms with E-state index in [2.05, 4.69) is 27.1 Å². The van der Waals surface area contributed by atoms with E-state index >= 15 is 0 Å². The number of aryl methyl sites for hydroxylation is 1. The lowest BCUT2D eigenvalue weighted by Gasteiger charge is -2.13. The summed E-state index contributed by atoms with van der Waals surface area (Å²) in [5.74, 6) is 7.09. The average Bonchev–Trinajstić information content (AvgIpc) is 3.44. The van der Waals surface area contributed by atoms with Crippen molar-refractivity contribution in [2.24, 2.45) is 0 Å². The number of aromatic nitrogens is 3. The highest BCUT2D eigenvalue weighted by Crippen LogP contribution is 2.33. The minimum atomic E-state index is -0.154. The second-order valence-electron chi connectivity index (χ2n) is 7.79. The average molecular weight is 447 g/mol. The summed E-state index contributed by atoms with van der Waals surface area (Å²) >= 11 is 1.55. The van der Waals surface area contributed by atoms with Gasteiger partial charge in [0, 0.05) is 35.4 Å². The van der Waals surface area contributed by atoms with Gasteiger partial charge in [-0.05, 0) is 37.5 Å². The maximum Gasteiger partial charge on any atom is 0.257 e. The maximum atomic E-state index is 12.8. The lowest BCUT2D eigenvalue weighted by molar-refractivity contribution is -0.121. The third-order valence-corrected chi connectivity index (χ3v) is 6.78. The van der Waals surface area contributed by atoms with Crippen molar-refractivity contribution in [3.05, 3.63) is 58.1 Å². The zero-order valence-electron chi connectivity index (χ0n) is 17.5. The number of carbonyl (C=O) groups is 1. The van der Waals surface area contributed by atoms with Crippen LogP contribution in [0.15, 0.2) is 46.5 Å².